The number of rotatable bonds is 6. The van der Waals surface area contributed by atoms with Crippen molar-refractivity contribution in [1.82, 2.24) is 4.90 Å². The van der Waals surface area contributed by atoms with Crippen LogP contribution in [0.15, 0.2) is 30.4 Å². The molecule has 9 heteroatoms. The first kappa shape index (κ1) is 18.1. The van der Waals surface area contributed by atoms with Crippen molar-refractivity contribution in [1.29, 1.82) is 0 Å². The molecule has 4 rings (SSSR count). The summed E-state index contributed by atoms with van der Waals surface area (Å²) in [5, 5.41) is 13.4. The van der Waals surface area contributed by atoms with Crippen molar-refractivity contribution >= 4 is 29.1 Å². The van der Waals surface area contributed by atoms with Gasteiger partial charge in [0.05, 0.1) is 35.6 Å². The Labute approximate surface area is 160 Å². The third-order valence-corrected chi connectivity index (χ3v) is 5.79. The van der Waals surface area contributed by atoms with E-state index in [0.29, 0.717) is 0 Å². The second-order valence-corrected chi connectivity index (χ2v) is 7.27. The van der Waals surface area contributed by atoms with Crippen LogP contribution in [0.3, 0.4) is 0 Å². The summed E-state index contributed by atoms with van der Waals surface area (Å²) in [6.07, 6.45) is 4.85. The number of fused-ring (bicyclic) bond motifs is 5. The van der Waals surface area contributed by atoms with E-state index in [1.807, 2.05) is 12.2 Å². The van der Waals surface area contributed by atoms with E-state index in [4.69, 9.17) is 4.74 Å². The maximum Gasteiger partial charge on any atom is 0.273 e. The fourth-order valence-corrected chi connectivity index (χ4v) is 4.51. The first-order chi connectivity index (χ1) is 13.4. The Morgan fingerprint density at radius 2 is 1.89 bits per heavy atom. The number of nitrogens with zero attached hydrogens (tertiary/aromatic N) is 2. The molecule has 1 saturated carbocycles. The number of methoxy groups -OCH3 is 1. The molecule has 1 aromatic carbocycles. The molecule has 0 aromatic heterocycles. The summed E-state index contributed by atoms with van der Waals surface area (Å²) in [6, 6.07) is 3.86. The van der Waals surface area contributed by atoms with Crippen LogP contribution in [-0.4, -0.2) is 41.2 Å². The minimum absolute atomic E-state index is 0.0191. The molecule has 0 spiro atoms. The molecule has 2 aliphatic carbocycles. The number of amides is 3. The number of hydrogen-bond acceptors (Lipinski definition) is 6. The second kappa shape index (κ2) is 6.74. The van der Waals surface area contributed by atoms with Crippen LogP contribution in [0.25, 0.3) is 0 Å². The van der Waals surface area contributed by atoms with Gasteiger partial charge in [-0.1, -0.05) is 12.2 Å². The van der Waals surface area contributed by atoms with Crippen LogP contribution in [0, 0.1) is 33.8 Å². The SMILES string of the molecule is COc1cc([N+](=O)[O-])ccc1NC(=O)CCN1C(=O)[C@@H]2[C@@H](C1=O)[C@H]1C=C[C@@H]2C1. The smallest absolute Gasteiger partial charge is 0.273 e. The molecular weight excluding hydrogens is 366 g/mol. The van der Waals surface area contributed by atoms with Gasteiger partial charge in [0.15, 0.2) is 0 Å². The fraction of sp³-hybridized carbons (Fsp3) is 0.421. The molecule has 1 saturated heterocycles. The second-order valence-electron chi connectivity index (χ2n) is 7.27. The van der Waals surface area contributed by atoms with Crippen LogP contribution in [0.1, 0.15) is 12.8 Å². The van der Waals surface area contributed by atoms with E-state index in [1.165, 1.54) is 30.2 Å². The predicted octanol–water partition coefficient (Wildman–Crippen LogP) is 1.74. The van der Waals surface area contributed by atoms with Crippen LogP contribution >= 0.6 is 0 Å². The van der Waals surface area contributed by atoms with Crippen molar-refractivity contribution in [2.75, 3.05) is 19.0 Å². The van der Waals surface area contributed by atoms with E-state index in [0.717, 1.165) is 6.42 Å². The zero-order chi connectivity index (χ0) is 20.0. The molecule has 4 atom stereocenters. The van der Waals surface area contributed by atoms with Crippen LogP contribution in [-0.2, 0) is 14.4 Å². The predicted molar refractivity (Wildman–Crippen MR) is 97.3 cm³/mol. The maximum atomic E-state index is 12.6. The highest BCUT2D eigenvalue weighted by molar-refractivity contribution is 6.06. The minimum Gasteiger partial charge on any atom is -0.494 e. The summed E-state index contributed by atoms with van der Waals surface area (Å²) < 4.78 is 5.09. The molecule has 1 heterocycles. The van der Waals surface area contributed by atoms with E-state index in [2.05, 4.69) is 5.32 Å². The molecular formula is C19H19N3O6. The highest BCUT2D eigenvalue weighted by atomic mass is 16.6. The average molecular weight is 385 g/mol. The van der Waals surface area contributed by atoms with E-state index < -0.39 is 10.8 Å². The Morgan fingerprint density at radius 1 is 1.25 bits per heavy atom. The summed E-state index contributed by atoms with van der Waals surface area (Å²) in [4.78, 5) is 49.0. The number of non-ortho nitro benzene ring substituents is 1. The number of benzene rings is 1. The van der Waals surface area contributed by atoms with Crippen LogP contribution in [0.4, 0.5) is 11.4 Å². The zero-order valence-corrected chi connectivity index (χ0v) is 15.2. The van der Waals surface area contributed by atoms with Crippen LogP contribution in [0.2, 0.25) is 0 Å². The Bertz CT molecular complexity index is 881. The van der Waals surface area contributed by atoms with Crippen LogP contribution in [0.5, 0.6) is 5.75 Å². The fourth-order valence-electron chi connectivity index (χ4n) is 4.51. The lowest BCUT2D eigenvalue weighted by atomic mass is 9.85. The third kappa shape index (κ3) is 2.83. The highest BCUT2D eigenvalue weighted by Crippen LogP contribution is 2.52. The first-order valence-electron chi connectivity index (χ1n) is 9.06. The Balaban J connectivity index is 1.39. The Hall–Kier alpha value is -3.23. The molecule has 3 amide bonds. The van der Waals surface area contributed by atoms with E-state index in [1.54, 1.807) is 0 Å². The number of nitro benzene ring substituents is 1. The quantitative estimate of drug-likeness (QED) is 0.345. The van der Waals surface area contributed by atoms with Gasteiger partial charge < -0.3 is 10.1 Å². The number of likely N-dealkylation sites (tertiary alicyclic amines) is 1. The van der Waals surface area contributed by atoms with Gasteiger partial charge in [-0.05, 0) is 24.3 Å². The van der Waals surface area contributed by atoms with Gasteiger partial charge in [-0.3, -0.25) is 29.4 Å². The number of ether oxygens (including phenoxy) is 1. The maximum absolute atomic E-state index is 12.6. The van der Waals surface area contributed by atoms with Gasteiger partial charge in [-0.25, -0.2) is 0 Å². The van der Waals surface area contributed by atoms with E-state index in [-0.39, 0.29) is 65.6 Å². The summed E-state index contributed by atoms with van der Waals surface area (Å²) in [6.45, 7) is 0.0191. The number of nitrogens with one attached hydrogen (secondary N) is 1. The van der Waals surface area contributed by atoms with Gasteiger partial charge in [0.2, 0.25) is 17.7 Å². The number of imide groups is 1. The zero-order valence-electron chi connectivity index (χ0n) is 15.2. The molecule has 1 aromatic rings. The standard InChI is InChI=1S/C19H19N3O6/c1-28-14-9-12(22(26)27)4-5-13(14)20-15(23)6-7-21-18(24)16-10-2-3-11(8-10)17(16)19(21)25/h2-5,9-11,16-17H,6-8H2,1H3,(H,20,23)/t10-,11+,16-,17-/m0/s1. The van der Waals surface area contributed by atoms with Gasteiger partial charge in [-0.2, -0.15) is 0 Å². The molecule has 0 radical (unpaired) electrons. The van der Waals surface area contributed by atoms with Gasteiger partial charge in [0.1, 0.15) is 5.75 Å². The van der Waals surface area contributed by atoms with E-state index >= 15 is 0 Å². The lowest BCUT2D eigenvalue weighted by Crippen LogP contribution is -2.35. The van der Waals surface area contributed by atoms with Gasteiger partial charge in [-0.15, -0.1) is 0 Å². The highest BCUT2D eigenvalue weighted by Gasteiger charge is 2.59. The molecule has 146 valence electrons. The topological polar surface area (TPSA) is 119 Å². The van der Waals surface area contributed by atoms with Crippen LogP contribution < -0.4 is 10.1 Å². The lowest BCUT2D eigenvalue weighted by Gasteiger charge is -2.17. The van der Waals surface area contributed by atoms with Gasteiger partial charge in [0, 0.05) is 19.0 Å². The summed E-state index contributed by atoms with van der Waals surface area (Å²) in [5.41, 5.74) is 0.133. The summed E-state index contributed by atoms with van der Waals surface area (Å²) in [7, 11) is 1.34. The summed E-state index contributed by atoms with van der Waals surface area (Å²) >= 11 is 0. The molecule has 2 bridgehead atoms. The van der Waals surface area contributed by atoms with Crippen molar-refractivity contribution in [2.45, 2.75) is 12.8 Å². The van der Waals surface area contributed by atoms with Crippen molar-refractivity contribution in [3.63, 3.8) is 0 Å². The number of hydrogen-bond donors (Lipinski definition) is 1. The monoisotopic (exact) mass is 385 g/mol. The first-order valence-corrected chi connectivity index (χ1v) is 9.06. The van der Waals surface area contributed by atoms with Crippen molar-refractivity contribution < 1.29 is 24.0 Å². The summed E-state index contributed by atoms with van der Waals surface area (Å²) in [5.74, 6) is -0.913. The molecule has 1 aliphatic heterocycles. The van der Waals surface area contributed by atoms with E-state index in [9.17, 15) is 24.5 Å². The number of carbonyl (C=O) groups excluding carboxylic acids is 3. The lowest BCUT2D eigenvalue weighted by molar-refractivity contribution is -0.384. The largest absolute Gasteiger partial charge is 0.494 e. The molecule has 1 N–H and O–H groups in total. The molecule has 28 heavy (non-hydrogen) atoms. The number of allylic oxidation sites excluding steroid dienone is 2. The average Bonchev–Trinajstić information content (AvgIpc) is 3.35. The Kier molecular flexibility index (Phi) is 4.37. The number of carbonyl (C=O) groups is 3. The molecule has 0 unspecified atom stereocenters. The molecule has 9 nitrogen and oxygen atoms in total. The molecule has 2 fully saturated rings. The third-order valence-electron chi connectivity index (χ3n) is 5.79. The van der Waals surface area contributed by atoms with Crippen molar-refractivity contribution in [2.24, 2.45) is 23.7 Å². The van der Waals surface area contributed by atoms with Crippen molar-refractivity contribution in [3.05, 3.63) is 40.5 Å². The minimum atomic E-state index is -0.558. The molecule has 3 aliphatic rings. The number of nitro groups is 1. The van der Waals surface area contributed by atoms with Crippen molar-refractivity contribution in [3.8, 4) is 5.75 Å². The normalized spacial score (nSPS) is 27.2. The van der Waals surface area contributed by atoms with Gasteiger partial charge >= 0.3 is 0 Å². The number of anilines is 1. The van der Waals surface area contributed by atoms with Gasteiger partial charge in [0.25, 0.3) is 5.69 Å². The Morgan fingerprint density at radius 3 is 2.46 bits per heavy atom.